The van der Waals surface area contributed by atoms with Gasteiger partial charge in [-0.3, -0.25) is 9.69 Å². The van der Waals surface area contributed by atoms with Crippen LogP contribution in [0.4, 0.5) is 0 Å². The predicted octanol–water partition coefficient (Wildman–Crippen LogP) is 0.681. The molecule has 0 aliphatic carbocycles. The summed E-state index contributed by atoms with van der Waals surface area (Å²) in [5.74, 6) is -1.33. The Morgan fingerprint density at radius 3 is 2.94 bits per heavy atom. The molecule has 1 aromatic heterocycles. The Morgan fingerprint density at radius 1 is 1.56 bits per heavy atom. The zero-order chi connectivity index (χ0) is 13.1. The molecule has 0 saturated carbocycles. The number of hydrogen-bond donors (Lipinski definition) is 2. The lowest BCUT2D eigenvalue weighted by atomic mass is 10.0. The number of primary amides is 1. The molecule has 1 saturated heterocycles. The summed E-state index contributed by atoms with van der Waals surface area (Å²) >= 11 is 1.10. The molecule has 1 fully saturated rings. The number of nitrogens with two attached hydrogens (primary N) is 1. The Balaban J connectivity index is 2.06. The lowest BCUT2D eigenvalue weighted by Gasteiger charge is -2.32. The standard InChI is InChI=1S/C11H15N3O3S/c12-9(15)8-3-1-2-4-14(8)5-7-6-18-10(13-7)11(16)17/h6,8H,1-5H2,(H2,12,15)(H,16,17). The third-order valence-corrected chi connectivity index (χ3v) is 3.92. The Kier molecular flexibility index (Phi) is 3.93. The van der Waals surface area contributed by atoms with Crippen LogP contribution >= 0.6 is 11.3 Å². The molecule has 0 aromatic carbocycles. The van der Waals surface area contributed by atoms with Crippen molar-refractivity contribution < 1.29 is 14.7 Å². The minimum atomic E-state index is -1.02. The monoisotopic (exact) mass is 269 g/mol. The number of hydrogen-bond acceptors (Lipinski definition) is 5. The fourth-order valence-corrected chi connectivity index (χ4v) is 2.83. The van der Waals surface area contributed by atoms with E-state index < -0.39 is 5.97 Å². The normalized spacial score (nSPS) is 20.8. The highest BCUT2D eigenvalue weighted by Gasteiger charge is 2.27. The van der Waals surface area contributed by atoms with E-state index >= 15 is 0 Å². The van der Waals surface area contributed by atoms with Gasteiger partial charge in [-0.05, 0) is 19.4 Å². The number of aromatic carboxylic acids is 1. The molecule has 98 valence electrons. The van der Waals surface area contributed by atoms with E-state index in [-0.39, 0.29) is 17.0 Å². The summed E-state index contributed by atoms with van der Waals surface area (Å²) in [6.07, 6.45) is 2.80. The summed E-state index contributed by atoms with van der Waals surface area (Å²) in [6.45, 7) is 1.28. The first-order valence-electron chi connectivity index (χ1n) is 5.79. The maximum absolute atomic E-state index is 11.3. The van der Waals surface area contributed by atoms with Crippen LogP contribution in [0.2, 0.25) is 0 Å². The highest BCUT2D eigenvalue weighted by atomic mass is 32.1. The number of likely N-dealkylation sites (tertiary alicyclic amines) is 1. The quantitative estimate of drug-likeness (QED) is 0.838. The van der Waals surface area contributed by atoms with Crippen molar-refractivity contribution in [1.82, 2.24) is 9.88 Å². The number of amides is 1. The third kappa shape index (κ3) is 2.85. The average molecular weight is 269 g/mol. The van der Waals surface area contributed by atoms with E-state index in [2.05, 4.69) is 4.98 Å². The van der Waals surface area contributed by atoms with E-state index in [9.17, 15) is 9.59 Å². The van der Waals surface area contributed by atoms with Gasteiger partial charge in [0, 0.05) is 11.9 Å². The SMILES string of the molecule is NC(=O)C1CCCCN1Cc1csc(C(=O)O)n1. The number of carboxylic acid groups (broad SMARTS) is 1. The summed E-state index contributed by atoms with van der Waals surface area (Å²) in [5.41, 5.74) is 6.06. The maximum atomic E-state index is 11.3. The van der Waals surface area contributed by atoms with Crippen molar-refractivity contribution in [1.29, 1.82) is 0 Å². The van der Waals surface area contributed by atoms with Crippen molar-refractivity contribution in [3.05, 3.63) is 16.1 Å². The van der Waals surface area contributed by atoms with Crippen LogP contribution in [-0.2, 0) is 11.3 Å². The second kappa shape index (κ2) is 5.45. The number of piperidine rings is 1. The van der Waals surface area contributed by atoms with Gasteiger partial charge in [-0.15, -0.1) is 11.3 Å². The van der Waals surface area contributed by atoms with Crippen LogP contribution in [-0.4, -0.2) is 39.5 Å². The zero-order valence-corrected chi connectivity index (χ0v) is 10.7. The summed E-state index contributed by atoms with van der Waals surface area (Å²) in [6, 6.07) is -0.256. The van der Waals surface area contributed by atoms with Crippen molar-refractivity contribution in [3.63, 3.8) is 0 Å². The molecule has 0 bridgehead atoms. The molecular weight excluding hydrogens is 254 g/mol. The first-order valence-corrected chi connectivity index (χ1v) is 6.67. The largest absolute Gasteiger partial charge is 0.476 e. The van der Waals surface area contributed by atoms with Crippen LogP contribution in [0.3, 0.4) is 0 Å². The van der Waals surface area contributed by atoms with E-state index in [1.165, 1.54) is 0 Å². The molecule has 1 amide bonds. The Labute approximate surface area is 108 Å². The van der Waals surface area contributed by atoms with Crippen molar-refractivity contribution >= 4 is 23.2 Å². The van der Waals surface area contributed by atoms with Crippen LogP contribution in [0.1, 0.15) is 34.8 Å². The molecule has 1 aromatic rings. The van der Waals surface area contributed by atoms with Gasteiger partial charge in [0.15, 0.2) is 0 Å². The van der Waals surface area contributed by atoms with Crippen LogP contribution < -0.4 is 5.73 Å². The van der Waals surface area contributed by atoms with Gasteiger partial charge in [0.2, 0.25) is 10.9 Å². The lowest BCUT2D eigenvalue weighted by molar-refractivity contribution is -0.124. The van der Waals surface area contributed by atoms with E-state index in [1.54, 1.807) is 5.38 Å². The number of carbonyl (C=O) groups is 2. The molecule has 0 radical (unpaired) electrons. The Bertz CT molecular complexity index is 460. The van der Waals surface area contributed by atoms with E-state index in [0.717, 1.165) is 37.1 Å². The number of nitrogens with zero attached hydrogens (tertiary/aromatic N) is 2. The zero-order valence-electron chi connectivity index (χ0n) is 9.83. The van der Waals surface area contributed by atoms with Gasteiger partial charge in [-0.2, -0.15) is 0 Å². The predicted molar refractivity (Wildman–Crippen MR) is 66.3 cm³/mol. The van der Waals surface area contributed by atoms with Gasteiger partial charge in [0.25, 0.3) is 0 Å². The minimum absolute atomic E-state index is 0.0811. The van der Waals surface area contributed by atoms with Crippen molar-refractivity contribution in [2.75, 3.05) is 6.54 Å². The summed E-state index contributed by atoms with van der Waals surface area (Å²) in [7, 11) is 0. The maximum Gasteiger partial charge on any atom is 0.365 e. The van der Waals surface area contributed by atoms with Crippen molar-refractivity contribution in [2.24, 2.45) is 5.73 Å². The molecule has 2 heterocycles. The highest BCUT2D eigenvalue weighted by molar-refractivity contribution is 7.11. The first-order chi connectivity index (χ1) is 8.58. The number of thiazole rings is 1. The average Bonchev–Trinajstić information content (AvgIpc) is 2.78. The minimum Gasteiger partial charge on any atom is -0.476 e. The Morgan fingerprint density at radius 2 is 2.33 bits per heavy atom. The molecule has 2 rings (SSSR count). The molecule has 6 nitrogen and oxygen atoms in total. The van der Waals surface area contributed by atoms with Crippen LogP contribution in [0, 0.1) is 0 Å². The second-order valence-electron chi connectivity index (χ2n) is 4.33. The second-order valence-corrected chi connectivity index (χ2v) is 5.19. The number of aromatic nitrogens is 1. The molecule has 1 atom stereocenters. The summed E-state index contributed by atoms with van der Waals surface area (Å²) in [4.78, 5) is 28.1. The fourth-order valence-electron chi connectivity index (χ4n) is 2.19. The van der Waals surface area contributed by atoms with Crippen molar-refractivity contribution in [3.8, 4) is 0 Å². The van der Waals surface area contributed by atoms with Gasteiger partial charge in [-0.1, -0.05) is 6.42 Å². The molecule has 1 aliphatic heterocycles. The molecule has 1 aliphatic rings. The number of carbonyl (C=O) groups excluding carboxylic acids is 1. The number of carboxylic acids is 1. The topological polar surface area (TPSA) is 96.5 Å². The molecule has 7 heteroatoms. The first kappa shape index (κ1) is 13.0. The molecule has 1 unspecified atom stereocenters. The van der Waals surface area contributed by atoms with E-state index in [4.69, 9.17) is 10.8 Å². The van der Waals surface area contributed by atoms with Crippen LogP contribution in [0.15, 0.2) is 5.38 Å². The van der Waals surface area contributed by atoms with Gasteiger partial charge < -0.3 is 10.8 Å². The number of rotatable bonds is 4. The third-order valence-electron chi connectivity index (χ3n) is 3.04. The van der Waals surface area contributed by atoms with Crippen LogP contribution in [0.5, 0.6) is 0 Å². The van der Waals surface area contributed by atoms with E-state index in [1.807, 2.05) is 4.90 Å². The fraction of sp³-hybridized carbons (Fsp3) is 0.545. The molecule has 0 spiro atoms. The molecule has 18 heavy (non-hydrogen) atoms. The van der Waals surface area contributed by atoms with E-state index in [0.29, 0.717) is 12.2 Å². The molecule has 3 N–H and O–H groups in total. The van der Waals surface area contributed by atoms with Gasteiger partial charge >= 0.3 is 5.97 Å². The lowest BCUT2D eigenvalue weighted by Crippen LogP contribution is -2.47. The molecular formula is C11H15N3O3S. The van der Waals surface area contributed by atoms with Gasteiger partial charge in [0.1, 0.15) is 0 Å². The smallest absolute Gasteiger partial charge is 0.365 e. The van der Waals surface area contributed by atoms with Crippen molar-refractivity contribution in [2.45, 2.75) is 31.8 Å². The highest BCUT2D eigenvalue weighted by Crippen LogP contribution is 2.20. The summed E-state index contributed by atoms with van der Waals surface area (Å²) < 4.78 is 0. The Hall–Kier alpha value is -1.47. The summed E-state index contributed by atoms with van der Waals surface area (Å²) in [5, 5.41) is 10.6. The van der Waals surface area contributed by atoms with Gasteiger partial charge in [-0.25, -0.2) is 9.78 Å². The van der Waals surface area contributed by atoms with Gasteiger partial charge in [0.05, 0.1) is 11.7 Å². The van der Waals surface area contributed by atoms with Crippen LogP contribution in [0.25, 0.3) is 0 Å².